The molecular formula is C13H17N3O4. The van der Waals surface area contributed by atoms with Gasteiger partial charge in [-0.05, 0) is 31.2 Å². The van der Waals surface area contributed by atoms with Crippen LogP contribution in [0.25, 0.3) is 0 Å². The Morgan fingerprint density at radius 2 is 1.75 bits per heavy atom. The monoisotopic (exact) mass is 279 g/mol. The molecule has 7 heteroatoms. The molecule has 3 amide bonds. The van der Waals surface area contributed by atoms with Crippen LogP contribution >= 0.6 is 0 Å². The Morgan fingerprint density at radius 1 is 1.20 bits per heavy atom. The van der Waals surface area contributed by atoms with Crippen LogP contribution in [0.4, 0.5) is 10.5 Å². The number of esters is 1. The maximum atomic E-state index is 11.8. The number of rotatable bonds is 4. The number of imide groups is 1. The zero-order valence-corrected chi connectivity index (χ0v) is 11.5. The van der Waals surface area contributed by atoms with E-state index in [1.807, 2.05) is 24.3 Å². The molecule has 0 spiro atoms. The Bertz CT molecular complexity index is 511. The zero-order valence-electron chi connectivity index (χ0n) is 11.5. The molecule has 0 saturated carbocycles. The number of benzene rings is 1. The van der Waals surface area contributed by atoms with E-state index in [2.05, 4.69) is 0 Å². The van der Waals surface area contributed by atoms with Gasteiger partial charge in [0.15, 0.2) is 6.10 Å². The van der Waals surface area contributed by atoms with Crippen molar-refractivity contribution in [2.75, 3.05) is 19.0 Å². The second-order valence-electron chi connectivity index (χ2n) is 4.34. The second-order valence-corrected chi connectivity index (χ2v) is 4.34. The Kier molecular flexibility index (Phi) is 5.08. The Morgan fingerprint density at radius 3 is 2.20 bits per heavy atom. The molecule has 0 heterocycles. The zero-order chi connectivity index (χ0) is 15.3. The lowest BCUT2D eigenvalue weighted by molar-refractivity contribution is -0.127. The van der Waals surface area contributed by atoms with Gasteiger partial charge >= 0.3 is 12.0 Å². The molecule has 108 valence electrons. The van der Waals surface area contributed by atoms with Crippen LogP contribution < -0.4 is 16.0 Å². The first-order valence-corrected chi connectivity index (χ1v) is 5.90. The number of ether oxygens (including phenoxy) is 1. The van der Waals surface area contributed by atoms with Crippen molar-refractivity contribution in [3.05, 3.63) is 29.8 Å². The highest BCUT2D eigenvalue weighted by Crippen LogP contribution is 2.13. The Balaban J connectivity index is 2.66. The minimum absolute atomic E-state index is 0.314. The number of carbonyl (C=O) groups is 3. The standard InChI is InChI=1S/C13H17N3O4/c1-8(11(17)15-13(14)19)20-12(18)9-4-6-10(7-5-9)16(2)3/h4-8H,1-3H3,(H3,14,15,17,19)/t8-/m0/s1. The number of hydrogen-bond acceptors (Lipinski definition) is 5. The number of hydrogen-bond donors (Lipinski definition) is 2. The fourth-order valence-electron chi connectivity index (χ4n) is 1.40. The number of nitrogens with one attached hydrogen (secondary N) is 1. The van der Waals surface area contributed by atoms with E-state index in [0.717, 1.165) is 5.69 Å². The molecule has 0 radical (unpaired) electrons. The lowest BCUT2D eigenvalue weighted by Gasteiger charge is -2.14. The molecule has 0 unspecified atom stereocenters. The van der Waals surface area contributed by atoms with Crippen LogP contribution in [0.3, 0.4) is 0 Å². The molecule has 0 fully saturated rings. The second kappa shape index (κ2) is 6.55. The van der Waals surface area contributed by atoms with Gasteiger partial charge in [0, 0.05) is 19.8 Å². The van der Waals surface area contributed by atoms with Crippen molar-refractivity contribution in [1.82, 2.24) is 5.32 Å². The summed E-state index contributed by atoms with van der Waals surface area (Å²) in [5.41, 5.74) is 6.05. The van der Waals surface area contributed by atoms with E-state index in [1.165, 1.54) is 6.92 Å². The van der Waals surface area contributed by atoms with E-state index in [9.17, 15) is 14.4 Å². The van der Waals surface area contributed by atoms with E-state index >= 15 is 0 Å². The molecule has 3 N–H and O–H groups in total. The predicted octanol–water partition coefficient (Wildman–Crippen LogP) is 0.493. The first kappa shape index (κ1) is 15.5. The minimum Gasteiger partial charge on any atom is -0.449 e. The number of urea groups is 1. The van der Waals surface area contributed by atoms with Gasteiger partial charge in [0.1, 0.15) is 0 Å². The van der Waals surface area contributed by atoms with Gasteiger partial charge in [-0.3, -0.25) is 10.1 Å². The lowest BCUT2D eigenvalue weighted by Crippen LogP contribution is -2.42. The molecule has 1 atom stereocenters. The van der Waals surface area contributed by atoms with Crippen molar-refractivity contribution in [2.24, 2.45) is 5.73 Å². The number of carbonyl (C=O) groups excluding carboxylic acids is 3. The summed E-state index contributed by atoms with van der Waals surface area (Å²) in [5.74, 6) is -1.42. The van der Waals surface area contributed by atoms with Crippen molar-refractivity contribution in [2.45, 2.75) is 13.0 Å². The van der Waals surface area contributed by atoms with Crippen LogP contribution in [0, 0.1) is 0 Å². The largest absolute Gasteiger partial charge is 0.449 e. The molecule has 1 aromatic carbocycles. The predicted molar refractivity (Wildman–Crippen MR) is 73.4 cm³/mol. The van der Waals surface area contributed by atoms with Crippen LogP contribution in [-0.2, 0) is 9.53 Å². The molecule has 0 aliphatic carbocycles. The molecule has 0 bridgehead atoms. The molecule has 1 aromatic rings. The smallest absolute Gasteiger partial charge is 0.338 e. The van der Waals surface area contributed by atoms with Gasteiger partial charge in [-0.2, -0.15) is 0 Å². The maximum absolute atomic E-state index is 11.8. The minimum atomic E-state index is -1.11. The molecule has 0 saturated heterocycles. The third-order valence-electron chi connectivity index (χ3n) is 2.52. The Labute approximate surface area is 116 Å². The molecule has 7 nitrogen and oxygen atoms in total. The molecular weight excluding hydrogens is 262 g/mol. The van der Waals surface area contributed by atoms with E-state index in [1.54, 1.807) is 24.3 Å². The number of nitrogens with two attached hydrogens (primary N) is 1. The quantitative estimate of drug-likeness (QED) is 0.781. The average molecular weight is 279 g/mol. The van der Waals surface area contributed by atoms with Crippen LogP contribution in [0.5, 0.6) is 0 Å². The number of anilines is 1. The lowest BCUT2D eigenvalue weighted by atomic mass is 10.2. The summed E-state index contributed by atoms with van der Waals surface area (Å²) >= 11 is 0. The summed E-state index contributed by atoms with van der Waals surface area (Å²) in [5, 5.41) is 1.84. The van der Waals surface area contributed by atoms with Gasteiger partial charge in [-0.15, -0.1) is 0 Å². The summed E-state index contributed by atoms with van der Waals surface area (Å²) in [7, 11) is 3.76. The molecule has 0 aromatic heterocycles. The van der Waals surface area contributed by atoms with E-state index in [-0.39, 0.29) is 0 Å². The fourth-order valence-corrected chi connectivity index (χ4v) is 1.40. The van der Waals surface area contributed by atoms with Crippen LogP contribution in [-0.4, -0.2) is 38.1 Å². The normalized spacial score (nSPS) is 11.3. The third-order valence-corrected chi connectivity index (χ3v) is 2.52. The van der Waals surface area contributed by atoms with Gasteiger partial charge in [-0.25, -0.2) is 9.59 Å². The summed E-state index contributed by atoms with van der Waals surface area (Å²) in [6, 6.07) is 5.70. The van der Waals surface area contributed by atoms with Crippen LogP contribution in [0.2, 0.25) is 0 Å². The van der Waals surface area contributed by atoms with Crippen LogP contribution in [0.1, 0.15) is 17.3 Å². The van der Waals surface area contributed by atoms with Crippen molar-refractivity contribution >= 4 is 23.6 Å². The number of primary amides is 1. The summed E-state index contributed by atoms with van der Waals surface area (Å²) in [6.45, 7) is 1.35. The van der Waals surface area contributed by atoms with Crippen molar-refractivity contribution in [1.29, 1.82) is 0 Å². The molecule has 1 rings (SSSR count). The third kappa shape index (κ3) is 4.27. The molecule has 20 heavy (non-hydrogen) atoms. The van der Waals surface area contributed by atoms with Crippen LogP contribution in [0.15, 0.2) is 24.3 Å². The summed E-state index contributed by atoms with van der Waals surface area (Å²) in [4.78, 5) is 35.6. The van der Waals surface area contributed by atoms with Crippen molar-refractivity contribution in [3.8, 4) is 0 Å². The highest BCUT2D eigenvalue weighted by Gasteiger charge is 2.19. The van der Waals surface area contributed by atoms with E-state index in [0.29, 0.717) is 5.56 Å². The van der Waals surface area contributed by atoms with Gasteiger partial charge in [0.2, 0.25) is 0 Å². The van der Waals surface area contributed by atoms with Gasteiger partial charge in [-0.1, -0.05) is 0 Å². The SMILES string of the molecule is C[C@H](OC(=O)c1ccc(N(C)C)cc1)C(=O)NC(N)=O. The summed E-state index contributed by atoms with van der Waals surface area (Å²) < 4.78 is 4.93. The van der Waals surface area contributed by atoms with E-state index < -0.39 is 24.0 Å². The first-order valence-electron chi connectivity index (χ1n) is 5.90. The highest BCUT2D eigenvalue weighted by atomic mass is 16.5. The average Bonchev–Trinajstić information content (AvgIpc) is 2.37. The van der Waals surface area contributed by atoms with Gasteiger partial charge in [0.05, 0.1) is 5.56 Å². The van der Waals surface area contributed by atoms with Crippen molar-refractivity contribution in [3.63, 3.8) is 0 Å². The number of amides is 3. The number of nitrogens with zero attached hydrogens (tertiary/aromatic N) is 1. The topological polar surface area (TPSA) is 102 Å². The summed E-state index contributed by atoms with van der Waals surface area (Å²) in [6.07, 6.45) is -1.11. The fraction of sp³-hybridized carbons (Fsp3) is 0.308. The van der Waals surface area contributed by atoms with Gasteiger partial charge in [0.25, 0.3) is 5.91 Å². The first-order chi connectivity index (χ1) is 9.31. The molecule has 0 aliphatic rings. The maximum Gasteiger partial charge on any atom is 0.338 e. The highest BCUT2D eigenvalue weighted by molar-refractivity contribution is 5.98. The van der Waals surface area contributed by atoms with Crippen molar-refractivity contribution < 1.29 is 19.1 Å². The van der Waals surface area contributed by atoms with Gasteiger partial charge < -0.3 is 15.4 Å². The Hall–Kier alpha value is -2.57. The van der Waals surface area contributed by atoms with E-state index in [4.69, 9.17) is 10.5 Å². The molecule has 0 aliphatic heterocycles.